The van der Waals surface area contributed by atoms with E-state index in [0.29, 0.717) is 30.5 Å². The molecule has 4 rings (SSSR count). The fraction of sp³-hybridized carbons (Fsp3) is 0.478. The molecule has 7 nitrogen and oxygen atoms in total. The van der Waals surface area contributed by atoms with Gasteiger partial charge in [-0.25, -0.2) is 0 Å². The smallest absolute Gasteiger partial charge is 0.203 e. The Morgan fingerprint density at radius 2 is 1.07 bits per heavy atom. The Balaban J connectivity index is 1.62. The average molecular weight is 416 g/mol. The summed E-state index contributed by atoms with van der Waals surface area (Å²) >= 11 is 0. The molecule has 0 saturated carbocycles. The van der Waals surface area contributed by atoms with E-state index in [0.717, 1.165) is 22.6 Å². The summed E-state index contributed by atoms with van der Waals surface area (Å²) in [6.45, 7) is 1.21. The molecule has 162 valence electrons. The highest BCUT2D eigenvalue weighted by Gasteiger charge is 2.48. The van der Waals surface area contributed by atoms with E-state index in [4.69, 9.17) is 33.2 Å². The Hall–Kier alpha value is -2.64. The van der Waals surface area contributed by atoms with Gasteiger partial charge in [0.15, 0.2) is 11.5 Å². The summed E-state index contributed by atoms with van der Waals surface area (Å²) in [4.78, 5) is 0. The molecule has 2 fully saturated rings. The maximum atomic E-state index is 6.25. The molecule has 2 saturated heterocycles. The monoisotopic (exact) mass is 416 g/mol. The van der Waals surface area contributed by atoms with Crippen molar-refractivity contribution in [1.82, 2.24) is 0 Å². The van der Waals surface area contributed by atoms with Crippen LogP contribution in [0.4, 0.5) is 0 Å². The minimum absolute atomic E-state index is 0.0777. The number of hydrogen-bond acceptors (Lipinski definition) is 7. The molecule has 0 amide bonds. The van der Waals surface area contributed by atoms with Crippen LogP contribution in [0.1, 0.15) is 23.3 Å². The van der Waals surface area contributed by atoms with Gasteiger partial charge in [-0.2, -0.15) is 0 Å². The van der Waals surface area contributed by atoms with Crippen LogP contribution in [0.3, 0.4) is 0 Å². The van der Waals surface area contributed by atoms with Gasteiger partial charge in [-0.05, 0) is 35.4 Å². The predicted octanol–water partition coefficient (Wildman–Crippen LogP) is 3.80. The first-order valence-corrected chi connectivity index (χ1v) is 9.89. The highest BCUT2D eigenvalue weighted by molar-refractivity contribution is 5.54. The standard InChI is InChI=1S/C23H28O7/c1-24-15-6-13(7-16(10-15)25-2)21-17-11-30-22(18(17)12-29-21)14-8-19(26-3)23(28-5)20(9-14)27-4/h6-10,17-18,21-22H,11-12H2,1-5H3/t17-,18+,21-,22+/m1/s1. The van der Waals surface area contributed by atoms with Gasteiger partial charge in [0.05, 0.1) is 61.0 Å². The van der Waals surface area contributed by atoms with Crippen molar-refractivity contribution in [3.8, 4) is 28.7 Å². The molecule has 0 radical (unpaired) electrons. The van der Waals surface area contributed by atoms with Gasteiger partial charge in [-0.15, -0.1) is 0 Å². The normalized spacial score (nSPS) is 25.0. The summed E-state index contributed by atoms with van der Waals surface area (Å²) < 4.78 is 39.8. The molecule has 7 heteroatoms. The molecular weight excluding hydrogens is 388 g/mol. The van der Waals surface area contributed by atoms with Gasteiger partial charge < -0.3 is 33.2 Å². The highest BCUT2D eigenvalue weighted by atomic mass is 16.5. The number of hydrogen-bond donors (Lipinski definition) is 0. The van der Waals surface area contributed by atoms with Crippen LogP contribution in [0.2, 0.25) is 0 Å². The molecule has 0 spiro atoms. The summed E-state index contributed by atoms with van der Waals surface area (Å²) in [7, 11) is 8.13. The fourth-order valence-corrected chi connectivity index (χ4v) is 4.49. The van der Waals surface area contributed by atoms with Gasteiger partial charge in [0.2, 0.25) is 5.75 Å². The lowest BCUT2D eigenvalue weighted by molar-refractivity contribution is 0.0190. The van der Waals surface area contributed by atoms with Crippen LogP contribution in [0.5, 0.6) is 28.7 Å². The number of benzene rings is 2. The van der Waals surface area contributed by atoms with E-state index in [1.807, 2.05) is 30.3 Å². The first-order chi connectivity index (χ1) is 14.6. The molecule has 0 aromatic heterocycles. The molecule has 2 aromatic carbocycles. The van der Waals surface area contributed by atoms with Gasteiger partial charge in [-0.3, -0.25) is 0 Å². The van der Waals surface area contributed by atoms with Crippen molar-refractivity contribution in [3.63, 3.8) is 0 Å². The zero-order chi connectivity index (χ0) is 21.3. The molecule has 0 aliphatic carbocycles. The third-order valence-electron chi connectivity index (χ3n) is 5.98. The number of methoxy groups -OCH3 is 5. The second-order valence-corrected chi connectivity index (χ2v) is 7.44. The van der Waals surface area contributed by atoms with E-state index in [2.05, 4.69) is 0 Å². The van der Waals surface area contributed by atoms with E-state index in [1.54, 1.807) is 35.5 Å². The molecular formula is C23H28O7. The van der Waals surface area contributed by atoms with Crippen molar-refractivity contribution < 1.29 is 33.2 Å². The molecule has 2 heterocycles. The van der Waals surface area contributed by atoms with E-state index in [-0.39, 0.29) is 24.0 Å². The number of rotatable bonds is 7. The molecule has 0 bridgehead atoms. The van der Waals surface area contributed by atoms with E-state index in [1.165, 1.54) is 0 Å². The molecule has 2 aliphatic rings. The molecule has 4 atom stereocenters. The average Bonchev–Trinajstić information content (AvgIpc) is 3.39. The van der Waals surface area contributed by atoms with E-state index < -0.39 is 0 Å². The van der Waals surface area contributed by atoms with Crippen LogP contribution < -0.4 is 23.7 Å². The minimum Gasteiger partial charge on any atom is -0.497 e. The van der Waals surface area contributed by atoms with Crippen molar-refractivity contribution in [2.45, 2.75) is 12.2 Å². The van der Waals surface area contributed by atoms with Gasteiger partial charge in [0.1, 0.15) is 11.5 Å². The Bertz CT molecular complexity index is 850. The second-order valence-electron chi connectivity index (χ2n) is 7.44. The van der Waals surface area contributed by atoms with Crippen molar-refractivity contribution >= 4 is 0 Å². The van der Waals surface area contributed by atoms with Gasteiger partial charge in [-0.1, -0.05) is 0 Å². The molecule has 0 unspecified atom stereocenters. The third-order valence-corrected chi connectivity index (χ3v) is 5.98. The third kappa shape index (κ3) is 3.52. The van der Waals surface area contributed by atoms with E-state index >= 15 is 0 Å². The quantitative estimate of drug-likeness (QED) is 0.680. The largest absolute Gasteiger partial charge is 0.497 e. The Kier molecular flexibility index (Phi) is 5.92. The van der Waals surface area contributed by atoms with Crippen molar-refractivity contribution in [2.75, 3.05) is 48.8 Å². The Morgan fingerprint density at radius 1 is 0.600 bits per heavy atom. The highest BCUT2D eigenvalue weighted by Crippen LogP contribution is 2.52. The Labute approximate surface area is 176 Å². The van der Waals surface area contributed by atoms with Crippen LogP contribution >= 0.6 is 0 Å². The van der Waals surface area contributed by atoms with Crippen LogP contribution in [-0.4, -0.2) is 48.8 Å². The zero-order valence-electron chi connectivity index (χ0n) is 18.0. The predicted molar refractivity (Wildman–Crippen MR) is 110 cm³/mol. The first kappa shape index (κ1) is 20.6. The summed E-state index contributed by atoms with van der Waals surface area (Å²) in [6.07, 6.45) is -0.188. The fourth-order valence-electron chi connectivity index (χ4n) is 4.49. The van der Waals surface area contributed by atoms with Gasteiger partial charge >= 0.3 is 0 Å². The van der Waals surface area contributed by atoms with Gasteiger partial charge in [0.25, 0.3) is 0 Å². The molecule has 30 heavy (non-hydrogen) atoms. The van der Waals surface area contributed by atoms with Crippen molar-refractivity contribution in [1.29, 1.82) is 0 Å². The van der Waals surface area contributed by atoms with Crippen LogP contribution in [-0.2, 0) is 9.47 Å². The summed E-state index contributed by atoms with van der Waals surface area (Å²) in [6, 6.07) is 9.77. The summed E-state index contributed by atoms with van der Waals surface area (Å²) in [5.74, 6) is 3.75. The lowest BCUT2D eigenvalue weighted by Crippen LogP contribution is -2.15. The zero-order valence-corrected chi connectivity index (χ0v) is 18.0. The van der Waals surface area contributed by atoms with Crippen LogP contribution in [0, 0.1) is 11.8 Å². The van der Waals surface area contributed by atoms with Crippen molar-refractivity contribution in [3.05, 3.63) is 41.5 Å². The molecule has 2 aliphatic heterocycles. The number of fused-ring (bicyclic) bond motifs is 1. The van der Waals surface area contributed by atoms with Crippen LogP contribution in [0.15, 0.2) is 30.3 Å². The Morgan fingerprint density at radius 3 is 1.47 bits per heavy atom. The maximum Gasteiger partial charge on any atom is 0.203 e. The lowest BCUT2D eigenvalue weighted by atomic mass is 9.84. The first-order valence-electron chi connectivity index (χ1n) is 9.89. The lowest BCUT2D eigenvalue weighted by Gasteiger charge is -2.20. The minimum atomic E-state index is -0.110. The van der Waals surface area contributed by atoms with E-state index in [9.17, 15) is 0 Å². The topological polar surface area (TPSA) is 64.6 Å². The SMILES string of the molecule is COc1cc(OC)cc([C@H]2OC[C@H]3[C@H]2CO[C@H]3c2cc(OC)c(OC)c(OC)c2)c1. The summed E-state index contributed by atoms with van der Waals surface area (Å²) in [5, 5.41) is 0. The number of ether oxygens (including phenoxy) is 7. The van der Waals surface area contributed by atoms with Crippen molar-refractivity contribution in [2.24, 2.45) is 11.8 Å². The molecule has 0 N–H and O–H groups in total. The molecule has 2 aromatic rings. The summed E-state index contributed by atoms with van der Waals surface area (Å²) in [5.41, 5.74) is 2.03. The van der Waals surface area contributed by atoms with Crippen LogP contribution in [0.25, 0.3) is 0 Å². The second kappa shape index (κ2) is 8.62. The maximum absolute atomic E-state index is 6.25. The van der Waals surface area contributed by atoms with Gasteiger partial charge in [0, 0.05) is 17.9 Å².